The van der Waals surface area contributed by atoms with Gasteiger partial charge in [-0.05, 0) is 6.42 Å². The predicted octanol–water partition coefficient (Wildman–Crippen LogP) is 0.390. The monoisotopic (exact) mass is 240 g/mol. The van der Waals surface area contributed by atoms with Crippen LogP contribution in [0.3, 0.4) is 0 Å². The molecule has 0 bridgehead atoms. The first-order valence-electron chi connectivity index (χ1n) is 4.25. The second-order valence-electron chi connectivity index (χ2n) is 2.95. The number of benzene rings is 1. The second-order valence-corrected chi connectivity index (χ2v) is 4.26. The summed E-state index contributed by atoms with van der Waals surface area (Å²) in [5, 5.41) is 8.93. The topological polar surface area (TPSA) is 37.3 Å². The molecular formula is C10H13AsO2. The average Bonchev–Trinajstić information content (AvgIpc) is 2.08. The van der Waals surface area contributed by atoms with Gasteiger partial charge in [0.1, 0.15) is 5.78 Å². The van der Waals surface area contributed by atoms with E-state index in [-0.39, 0.29) is 0 Å². The van der Waals surface area contributed by atoms with Crippen molar-refractivity contribution in [1.29, 1.82) is 0 Å². The molecule has 0 amide bonds. The van der Waals surface area contributed by atoms with E-state index >= 15 is 0 Å². The third kappa shape index (κ3) is 3.64. The van der Waals surface area contributed by atoms with Crippen LogP contribution in [0.2, 0.25) is 0 Å². The van der Waals surface area contributed by atoms with Gasteiger partial charge in [0.05, 0.1) is 0 Å². The van der Waals surface area contributed by atoms with Gasteiger partial charge in [-0.25, -0.2) is 0 Å². The van der Waals surface area contributed by atoms with E-state index in [2.05, 4.69) is 0 Å². The van der Waals surface area contributed by atoms with Gasteiger partial charge in [-0.15, -0.1) is 0 Å². The fourth-order valence-corrected chi connectivity index (χ4v) is 1.24. The average molecular weight is 240 g/mol. The van der Waals surface area contributed by atoms with E-state index in [1.165, 1.54) is 16.9 Å². The van der Waals surface area contributed by atoms with Gasteiger partial charge < -0.3 is 0 Å². The van der Waals surface area contributed by atoms with Gasteiger partial charge in [0, 0.05) is 12.8 Å². The van der Waals surface area contributed by atoms with Crippen LogP contribution in [0.25, 0.3) is 0 Å². The minimum atomic E-state index is 0.396. The van der Waals surface area contributed by atoms with Gasteiger partial charge in [0.15, 0.2) is 0 Å². The molecule has 1 aliphatic rings. The Bertz CT molecular complexity index is 270. The molecule has 0 saturated heterocycles. The fraction of sp³-hybridized carbons (Fsp3) is 0.300. The molecule has 0 radical (unpaired) electrons. The Labute approximate surface area is 86.5 Å². The molecule has 2 rings (SSSR count). The van der Waals surface area contributed by atoms with Crippen LogP contribution in [0.4, 0.5) is 0 Å². The fourth-order valence-electron chi connectivity index (χ4n) is 0.809. The summed E-state index contributed by atoms with van der Waals surface area (Å²) in [5.41, 5.74) is 0. The number of Topliss-reactive ketones (excluding diaryl/α,β-unsaturated/α-hetero) is 1. The number of rotatable bonds is 0. The number of phenols is 1. The summed E-state index contributed by atoms with van der Waals surface area (Å²) in [6.07, 6.45) is 2.83. The molecule has 0 aromatic heterocycles. The second kappa shape index (κ2) is 5.08. The number of carbonyl (C=O) groups excluding carboxylic acids is 1. The Balaban J connectivity index is 0.000000145. The van der Waals surface area contributed by atoms with Gasteiger partial charge in [-0.3, -0.25) is 4.79 Å². The van der Waals surface area contributed by atoms with Gasteiger partial charge >= 0.3 is 56.3 Å². The molecule has 1 saturated carbocycles. The van der Waals surface area contributed by atoms with Crippen molar-refractivity contribution in [1.82, 2.24) is 0 Å². The van der Waals surface area contributed by atoms with Gasteiger partial charge in [-0.2, -0.15) is 0 Å². The first kappa shape index (κ1) is 10.3. The molecule has 0 aliphatic heterocycles. The van der Waals surface area contributed by atoms with Crippen LogP contribution in [0, 0.1) is 0 Å². The quantitative estimate of drug-likeness (QED) is 0.666. The molecule has 1 aliphatic carbocycles. The van der Waals surface area contributed by atoms with Crippen LogP contribution in [-0.2, 0) is 4.79 Å². The van der Waals surface area contributed by atoms with E-state index in [1.54, 1.807) is 6.07 Å². The Morgan fingerprint density at radius 1 is 1.23 bits per heavy atom. The molecule has 0 heterocycles. The zero-order valence-electron chi connectivity index (χ0n) is 7.36. The Kier molecular flexibility index (Phi) is 4.04. The molecule has 3 heteroatoms. The number of hydrogen-bond donors (Lipinski definition) is 1. The molecular weight excluding hydrogens is 227 g/mol. The van der Waals surface area contributed by atoms with Crippen LogP contribution in [0.5, 0.6) is 5.75 Å². The van der Waals surface area contributed by atoms with E-state index < -0.39 is 0 Å². The molecule has 1 aromatic rings. The maximum atomic E-state index is 9.90. The van der Waals surface area contributed by atoms with Crippen molar-refractivity contribution in [2.24, 2.45) is 0 Å². The molecule has 1 unspecified atom stereocenters. The Morgan fingerprint density at radius 3 is 2.00 bits per heavy atom. The van der Waals surface area contributed by atoms with Crippen LogP contribution in [-0.4, -0.2) is 27.7 Å². The summed E-state index contributed by atoms with van der Waals surface area (Å²) >= 11 is 1.45. The van der Waals surface area contributed by atoms with Crippen molar-refractivity contribution in [3.63, 3.8) is 0 Å². The standard InChI is InChI=1S/C6H7AsO.C4H6O/c7-5-3-1-2-4-6(5)8;5-4-2-1-3-4/h1-4,8H,7H2;1-3H2. The van der Waals surface area contributed by atoms with Gasteiger partial charge in [0.2, 0.25) is 0 Å². The van der Waals surface area contributed by atoms with Crippen molar-refractivity contribution in [2.75, 3.05) is 0 Å². The zero-order chi connectivity index (χ0) is 9.68. The first-order chi connectivity index (χ1) is 6.20. The third-order valence-corrected chi connectivity index (χ3v) is 2.87. The van der Waals surface area contributed by atoms with Crippen molar-refractivity contribution < 1.29 is 9.90 Å². The van der Waals surface area contributed by atoms with Crippen molar-refractivity contribution in [3.05, 3.63) is 24.3 Å². The molecule has 2 nitrogen and oxygen atoms in total. The summed E-state index contributed by atoms with van der Waals surface area (Å²) in [7, 11) is 0. The SMILES string of the molecule is O=C1CCC1.Oc1ccccc1[AsH2]. The minimum absolute atomic E-state index is 0.396. The Morgan fingerprint density at radius 2 is 1.77 bits per heavy atom. The number of ketones is 1. The van der Waals surface area contributed by atoms with Crippen LogP contribution >= 0.6 is 0 Å². The van der Waals surface area contributed by atoms with Crippen molar-refractivity contribution in [2.45, 2.75) is 19.3 Å². The number of phenolic OH excluding ortho intramolecular Hbond substituents is 1. The van der Waals surface area contributed by atoms with E-state index in [1.807, 2.05) is 18.2 Å². The molecule has 1 fully saturated rings. The summed E-state index contributed by atoms with van der Waals surface area (Å²) in [5.74, 6) is 0.831. The molecule has 1 atom stereocenters. The number of hydrogen-bond acceptors (Lipinski definition) is 2. The zero-order valence-corrected chi connectivity index (χ0v) is 9.79. The molecule has 70 valence electrons. The van der Waals surface area contributed by atoms with Crippen molar-refractivity contribution in [3.8, 4) is 5.75 Å². The van der Waals surface area contributed by atoms with E-state index in [0.717, 1.165) is 23.6 Å². The first-order valence-corrected chi connectivity index (χ1v) is 5.46. The van der Waals surface area contributed by atoms with Gasteiger partial charge in [0.25, 0.3) is 0 Å². The van der Waals surface area contributed by atoms with Crippen LogP contribution in [0.1, 0.15) is 19.3 Å². The normalized spacial score (nSPS) is 14.1. The summed E-state index contributed by atoms with van der Waals surface area (Å²) in [4.78, 5) is 9.90. The summed E-state index contributed by atoms with van der Waals surface area (Å²) in [6.45, 7) is 0. The van der Waals surface area contributed by atoms with Gasteiger partial charge in [-0.1, -0.05) is 0 Å². The maximum absolute atomic E-state index is 9.90. The number of aromatic hydroxyl groups is 1. The summed E-state index contributed by atoms with van der Waals surface area (Å²) in [6, 6.07) is 7.32. The number of para-hydroxylation sites is 1. The molecule has 0 spiro atoms. The molecule has 1 aromatic carbocycles. The molecule has 13 heavy (non-hydrogen) atoms. The van der Waals surface area contributed by atoms with E-state index in [4.69, 9.17) is 5.11 Å². The number of carbonyl (C=O) groups is 1. The van der Waals surface area contributed by atoms with E-state index in [9.17, 15) is 4.79 Å². The van der Waals surface area contributed by atoms with Crippen LogP contribution in [0.15, 0.2) is 24.3 Å². The van der Waals surface area contributed by atoms with Crippen molar-refractivity contribution >= 4 is 27.0 Å². The summed E-state index contributed by atoms with van der Waals surface area (Å²) < 4.78 is 0.986. The predicted molar refractivity (Wildman–Crippen MR) is 55.1 cm³/mol. The Hall–Kier alpha value is -0.752. The van der Waals surface area contributed by atoms with Crippen LogP contribution < -0.4 is 4.35 Å². The molecule has 1 N–H and O–H groups in total. The van der Waals surface area contributed by atoms with E-state index in [0.29, 0.717) is 11.5 Å². The third-order valence-electron chi connectivity index (χ3n) is 1.85.